The minimum atomic E-state index is -0.488. The second-order valence-electron chi connectivity index (χ2n) is 4.76. The molecular weight excluding hydrogens is 318 g/mol. The van der Waals surface area contributed by atoms with Gasteiger partial charge in [-0.2, -0.15) is 0 Å². The molecule has 0 saturated carbocycles. The highest BCUT2D eigenvalue weighted by atomic mass is 32.1. The summed E-state index contributed by atoms with van der Waals surface area (Å²) in [6, 6.07) is 0. The van der Waals surface area contributed by atoms with E-state index in [4.69, 9.17) is 9.47 Å². The molecule has 0 fully saturated rings. The van der Waals surface area contributed by atoms with Crippen molar-refractivity contribution in [1.29, 1.82) is 0 Å². The van der Waals surface area contributed by atoms with E-state index in [1.54, 1.807) is 18.6 Å². The summed E-state index contributed by atoms with van der Waals surface area (Å²) in [7, 11) is 4.36. The quantitative estimate of drug-likeness (QED) is 0.314. The molecule has 0 radical (unpaired) electrons. The highest BCUT2D eigenvalue weighted by Crippen LogP contribution is 2.20. The molecule has 1 aromatic heterocycles. The number of nitrogens with zero attached hydrogens (tertiary/aromatic N) is 1. The summed E-state index contributed by atoms with van der Waals surface area (Å²) in [6.07, 6.45) is 4.56. The van der Waals surface area contributed by atoms with E-state index in [0.29, 0.717) is 16.5 Å². The first-order valence-corrected chi connectivity index (χ1v) is 7.81. The Labute approximate surface area is 139 Å². The van der Waals surface area contributed by atoms with Gasteiger partial charge in [0.05, 0.1) is 32.1 Å². The third-order valence-electron chi connectivity index (χ3n) is 3.19. The van der Waals surface area contributed by atoms with Crippen molar-refractivity contribution in [2.45, 2.75) is 20.0 Å². The Bertz CT molecular complexity index is 605. The average Bonchev–Trinajstić information content (AvgIpc) is 3.01. The maximum absolute atomic E-state index is 11.4. The minimum absolute atomic E-state index is 0.0611. The van der Waals surface area contributed by atoms with E-state index in [1.165, 1.54) is 38.6 Å². The van der Waals surface area contributed by atoms with Crippen LogP contribution in [-0.4, -0.2) is 44.2 Å². The number of aromatic nitrogens is 1. The second kappa shape index (κ2) is 9.22. The summed E-state index contributed by atoms with van der Waals surface area (Å²) in [6.45, 7) is 3.35. The zero-order valence-corrected chi connectivity index (χ0v) is 14.7. The van der Waals surface area contributed by atoms with Gasteiger partial charge >= 0.3 is 5.97 Å². The van der Waals surface area contributed by atoms with E-state index in [2.05, 4.69) is 9.72 Å². The summed E-state index contributed by atoms with van der Waals surface area (Å²) in [5.41, 5.74) is 0.686. The van der Waals surface area contributed by atoms with Crippen LogP contribution in [0.25, 0.3) is 6.08 Å². The molecule has 1 aromatic rings. The smallest absolute Gasteiger partial charge is 0.333 e. The van der Waals surface area contributed by atoms with Gasteiger partial charge in [-0.3, -0.25) is 4.79 Å². The molecule has 1 rings (SSSR count). The Morgan fingerprint density at radius 1 is 1.26 bits per heavy atom. The van der Waals surface area contributed by atoms with Crippen molar-refractivity contribution >= 4 is 29.2 Å². The lowest BCUT2D eigenvalue weighted by atomic mass is 10.0. The number of Topliss-reactive ketones (excluding diaryl/α,β-unsaturated/α-hetero) is 1. The molecular formula is C16H21NO5S. The van der Waals surface area contributed by atoms with Crippen molar-refractivity contribution in [2.75, 3.05) is 21.3 Å². The Morgan fingerprint density at radius 2 is 1.96 bits per heavy atom. The average molecular weight is 339 g/mol. The first kappa shape index (κ1) is 19.1. The molecule has 6 nitrogen and oxygen atoms in total. The molecule has 0 amide bonds. The van der Waals surface area contributed by atoms with Gasteiger partial charge in [0.1, 0.15) is 5.76 Å². The number of rotatable bonds is 8. The SMILES string of the molecule is COC(=O)/C=C(/OC)[C@@H](C)[C@H](/C=C/c1csc(C(C)=O)n1)OC. The number of hydrogen-bond donors (Lipinski definition) is 0. The van der Waals surface area contributed by atoms with Gasteiger partial charge in [0, 0.05) is 25.3 Å². The van der Waals surface area contributed by atoms with Crippen LogP contribution in [0.15, 0.2) is 23.3 Å². The van der Waals surface area contributed by atoms with Gasteiger partial charge in [-0.15, -0.1) is 11.3 Å². The lowest BCUT2D eigenvalue weighted by Crippen LogP contribution is -2.21. The molecule has 0 aliphatic heterocycles. The number of ketones is 1. The van der Waals surface area contributed by atoms with E-state index in [1.807, 2.05) is 13.0 Å². The van der Waals surface area contributed by atoms with Crippen LogP contribution in [0, 0.1) is 5.92 Å². The summed E-state index contributed by atoms with van der Waals surface area (Å²) in [5, 5.41) is 2.27. The third-order valence-corrected chi connectivity index (χ3v) is 4.15. The fraction of sp³-hybridized carbons (Fsp3) is 0.438. The topological polar surface area (TPSA) is 74.7 Å². The Balaban J connectivity index is 2.89. The minimum Gasteiger partial charge on any atom is -0.500 e. The number of carbonyl (C=O) groups is 2. The predicted molar refractivity (Wildman–Crippen MR) is 88.2 cm³/mol. The number of hydrogen-bond acceptors (Lipinski definition) is 7. The van der Waals surface area contributed by atoms with Crippen LogP contribution in [-0.2, 0) is 19.0 Å². The monoisotopic (exact) mass is 339 g/mol. The first-order valence-electron chi connectivity index (χ1n) is 6.93. The van der Waals surface area contributed by atoms with Crippen LogP contribution >= 0.6 is 11.3 Å². The lowest BCUT2D eigenvalue weighted by Gasteiger charge is -2.21. The maximum Gasteiger partial charge on any atom is 0.333 e. The van der Waals surface area contributed by atoms with Crippen LogP contribution in [0.4, 0.5) is 0 Å². The second-order valence-corrected chi connectivity index (χ2v) is 5.61. The molecule has 126 valence electrons. The summed E-state index contributed by atoms with van der Waals surface area (Å²) < 4.78 is 15.3. The van der Waals surface area contributed by atoms with Crippen LogP contribution in [0.2, 0.25) is 0 Å². The van der Waals surface area contributed by atoms with E-state index < -0.39 is 5.97 Å². The lowest BCUT2D eigenvalue weighted by molar-refractivity contribution is -0.135. The van der Waals surface area contributed by atoms with Gasteiger partial charge in [-0.1, -0.05) is 13.0 Å². The zero-order chi connectivity index (χ0) is 17.4. The normalized spacial score (nSPS) is 14.6. The van der Waals surface area contributed by atoms with Crippen molar-refractivity contribution in [3.8, 4) is 0 Å². The van der Waals surface area contributed by atoms with Gasteiger partial charge in [-0.25, -0.2) is 9.78 Å². The Kier molecular flexibility index (Phi) is 7.64. The van der Waals surface area contributed by atoms with E-state index in [9.17, 15) is 9.59 Å². The third kappa shape index (κ3) is 5.61. The molecule has 23 heavy (non-hydrogen) atoms. The molecule has 0 spiro atoms. The van der Waals surface area contributed by atoms with Crippen LogP contribution in [0.1, 0.15) is 29.3 Å². The molecule has 0 aliphatic carbocycles. The highest BCUT2D eigenvalue weighted by Gasteiger charge is 2.20. The molecule has 2 atom stereocenters. The van der Waals surface area contributed by atoms with Crippen LogP contribution in [0.5, 0.6) is 0 Å². The fourth-order valence-corrected chi connectivity index (χ4v) is 2.57. The predicted octanol–water partition coefficient (Wildman–Crippen LogP) is 2.71. The van der Waals surface area contributed by atoms with E-state index >= 15 is 0 Å². The van der Waals surface area contributed by atoms with Crippen molar-refractivity contribution < 1.29 is 23.8 Å². The number of ether oxygens (including phenoxy) is 3. The van der Waals surface area contributed by atoms with Crippen molar-refractivity contribution in [3.63, 3.8) is 0 Å². The van der Waals surface area contributed by atoms with Crippen LogP contribution < -0.4 is 0 Å². The molecule has 0 saturated heterocycles. The molecule has 0 aliphatic rings. The van der Waals surface area contributed by atoms with Crippen molar-refractivity contribution in [2.24, 2.45) is 5.92 Å². The molecule has 0 aromatic carbocycles. The summed E-state index contributed by atoms with van der Waals surface area (Å²) in [4.78, 5) is 26.8. The van der Waals surface area contributed by atoms with Crippen LogP contribution in [0.3, 0.4) is 0 Å². The largest absolute Gasteiger partial charge is 0.500 e. The van der Waals surface area contributed by atoms with Gasteiger partial charge in [-0.05, 0) is 6.08 Å². The number of carbonyl (C=O) groups excluding carboxylic acids is 2. The number of thiazole rings is 1. The summed E-state index contributed by atoms with van der Waals surface area (Å²) >= 11 is 1.30. The standard InChI is InChI=1S/C16H21NO5S/c1-10(14(21-4)8-15(19)22-5)13(20-3)7-6-12-9-23-16(17-12)11(2)18/h6-10,13H,1-5H3/b7-6+,14-8+/t10-,13-/m0/s1. The molecule has 0 unspecified atom stereocenters. The van der Waals surface area contributed by atoms with E-state index in [-0.39, 0.29) is 17.8 Å². The maximum atomic E-state index is 11.4. The first-order chi connectivity index (χ1) is 10.9. The molecule has 7 heteroatoms. The Morgan fingerprint density at radius 3 is 2.43 bits per heavy atom. The summed E-state index contributed by atoms with van der Waals surface area (Å²) in [5.74, 6) is -0.297. The Hall–Kier alpha value is -1.99. The van der Waals surface area contributed by atoms with Gasteiger partial charge in [0.25, 0.3) is 0 Å². The van der Waals surface area contributed by atoms with Crippen molar-refractivity contribution in [1.82, 2.24) is 4.98 Å². The van der Waals surface area contributed by atoms with Gasteiger partial charge in [0.15, 0.2) is 10.8 Å². The highest BCUT2D eigenvalue weighted by molar-refractivity contribution is 7.11. The molecule has 0 bridgehead atoms. The molecule has 1 heterocycles. The molecule has 0 N–H and O–H groups in total. The zero-order valence-electron chi connectivity index (χ0n) is 13.9. The van der Waals surface area contributed by atoms with Gasteiger partial charge < -0.3 is 14.2 Å². The van der Waals surface area contributed by atoms with Gasteiger partial charge in [0.2, 0.25) is 0 Å². The number of esters is 1. The van der Waals surface area contributed by atoms with E-state index in [0.717, 1.165) is 0 Å². The van der Waals surface area contributed by atoms with Crippen molar-refractivity contribution in [3.05, 3.63) is 34.0 Å². The fourth-order valence-electron chi connectivity index (χ4n) is 1.88. The number of methoxy groups -OCH3 is 3.